The molecule has 0 radical (unpaired) electrons. The fraction of sp³-hybridized carbons (Fsp3) is 0.667. The molecule has 1 fully saturated rings. The van der Waals surface area contributed by atoms with E-state index in [1.165, 1.54) is 35.6 Å². The van der Waals surface area contributed by atoms with Crippen molar-refractivity contribution in [3.8, 4) is 0 Å². The van der Waals surface area contributed by atoms with E-state index in [4.69, 9.17) is 0 Å². The lowest BCUT2D eigenvalue weighted by molar-refractivity contribution is -0.137. The largest absolute Gasteiger partial charge is 0.300 e. The summed E-state index contributed by atoms with van der Waals surface area (Å²) >= 11 is 0. The van der Waals surface area contributed by atoms with Crippen molar-refractivity contribution >= 4 is 39.2 Å². The average molecular weight is 327 g/mol. The molecule has 2 heterocycles. The highest BCUT2D eigenvalue weighted by molar-refractivity contribution is 8.77. The summed E-state index contributed by atoms with van der Waals surface area (Å²) in [4.78, 5) is 35.6. The van der Waals surface area contributed by atoms with Crippen molar-refractivity contribution < 1.29 is 14.4 Å². The van der Waals surface area contributed by atoms with Crippen LogP contribution in [-0.4, -0.2) is 40.0 Å². The highest BCUT2D eigenvalue weighted by Crippen LogP contribution is 2.39. The third-order valence-electron chi connectivity index (χ3n) is 3.70. The summed E-state index contributed by atoms with van der Waals surface area (Å²) in [7, 11) is 3.94. The lowest BCUT2D eigenvalue weighted by atomic mass is 10.1. The second-order valence-corrected chi connectivity index (χ2v) is 8.17. The second kappa shape index (κ2) is 8.63. The van der Waals surface area contributed by atoms with Crippen molar-refractivity contribution in [3.63, 3.8) is 0 Å². The zero-order chi connectivity index (χ0) is 15.1. The third-order valence-corrected chi connectivity index (χ3v) is 6.70. The van der Waals surface area contributed by atoms with Crippen LogP contribution in [-0.2, 0) is 14.4 Å². The van der Waals surface area contributed by atoms with Crippen LogP contribution in [0.5, 0.6) is 0 Å². The monoisotopic (exact) mass is 327 g/mol. The Bertz CT molecular complexity index is 413. The molecule has 4 nitrogen and oxygen atoms in total. The van der Waals surface area contributed by atoms with Gasteiger partial charge in [0.1, 0.15) is 5.78 Å². The molecule has 0 saturated carbocycles. The smallest absolute Gasteiger partial charge is 0.253 e. The molecule has 2 rings (SSSR count). The summed E-state index contributed by atoms with van der Waals surface area (Å²) in [6.45, 7) is 0.354. The second-order valence-electron chi connectivity index (χ2n) is 5.38. The Hall–Kier alpha value is -0.750. The van der Waals surface area contributed by atoms with Gasteiger partial charge in [0.2, 0.25) is 0 Å². The molecule has 21 heavy (non-hydrogen) atoms. The van der Waals surface area contributed by atoms with E-state index >= 15 is 0 Å². The Kier molecular flexibility index (Phi) is 6.83. The maximum absolute atomic E-state index is 11.8. The van der Waals surface area contributed by atoms with E-state index < -0.39 is 0 Å². The molecule has 2 aliphatic heterocycles. The van der Waals surface area contributed by atoms with Crippen molar-refractivity contribution in [1.82, 2.24) is 4.90 Å². The van der Waals surface area contributed by atoms with Crippen molar-refractivity contribution in [2.24, 2.45) is 0 Å². The molecule has 1 unspecified atom stereocenters. The normalized spacial score (nSPS) is 21.5. The van der Waals surface area contributed by atoms with E-state index in [0.29, 0.717) is 25.8 Å². The Morgan fingerprint density at radius 2 is 1.86 bits per heavy atom. The highest BCUT2D eigenvalue weighted by atomic mass is 33.1. The lowest BCUT2D eigenvalue weighted by Gasteiger charge is -2.12. The van der Waals surface area contributed by atoms with Crippen LogP contribution in [0.3, 0.4) is 0 Å². The van der Waals surface area contributed by atoms with Gasteiger partial charge in [-0.1, -0.05) is 28.0 Å². The van der Waals surface area contributed by atoms with Gasteiger partial charge in [0, 0.05) is 42.5 Å². The van der Waals surface area contributed by atoms with Crippen LogP contribution in [0.1, 0.15) is 44.9 Å². The maximum Gasteiger partial charge on any atom is 0.253 e. The first-order valence-electron chi connectivity index (χ1n) is 7.50. The fourth-order valence-electron chi connectivity index (χ4n) is 2.47. The zero-order valence-corrected chi connectivity index (χ0v) is 13.7. The summed E-state index contributed by atoms with van der Waals surface area (Å²) in [5.74, 6) is 0.978. The number of carbonyl (C=O) groups is 3. The van der Waals surface area contributed by atoms with Gasteiger partial charge in [0.25, 0.3) is 11.8 Å². The summed E-state index contributed by atoms with van der Waals surface area (Å²) in [6.07, 6.45) is 8.83. The van der Waals surface area contributed by atoms with Gasteiger partial charge in [-0.3, -0.25) is 19.3 Å². The Morgan fingerprint density at radius 1 is 1.14 bits per heavy atom. The van der Waals surface area contributed by atoms with Gasteiger partial charge in [-0.2, -0.15) is 0 Å². The average Bonchev–Trinajstić information content (AvgIpc) is 3.08. The van der Waals surface area contributed by atoms with E-state index in [9.17, 15) is 14.4 Å². The number of rotatable bonds is 9. The fourth-order valence-corrected chi connectivity index (χ4v) is 5.50. The van der Waals surface area contributed by atoms with Crippen molar-refractivity contribution in [2.75, 3.05) is 12.3 Å². The minimum atomic E-state index is -0.264. The molecule has 0 aromatic carbocycles. The number of nitrogens with zero attached hydrogens (tertiary/aromatic N) is 1. The van der Waals surface area contributed by atoms with E-state index in [1.807, 2.05) is 21.6 Å². The molecule has 2 aliphatic rings. The van der Waals surface area contributed by atoms with Gasteiger partial charge in [-0.25, -0.2) is 0 Å². The van der Waals surface area contributed by atoms with Gasteiger partial charge in [0.15, 0.2) is 0 Å². The van der Waals surface area contributed by atoms with E-state index in [0.717, 1.165) is 18.1 Å². The van der Waals surface area contributed by atoms with Gasteiger partial charge in [0.05, 0.1) is 0 Å². The first-order valence-corrected chi connectivity index (χ1v) is 9.88. The van der Waals surface area contributed by atoms with Crippen molar-refractivity contribution in [3.05, 3.63) is 12.2 Å². The van der Waals surface area contributed by atoms with Crippen LogP contribution in [0.2, 0.25) is 0 Å². The molecule has 0 N–H and O–H groups in total. The first kappa shape index (κ1) is 16.6. The summed E-state index contributed by atoms with van der Waals surface area (Å²) in [5.41, 5.74) is 0. The number of hydrogen-bond acceptors (Lipinski definition) is 5. The number of ketones is 1. The molecular weight excluding hydrogens is 306 g/mol. The van der Waals surface area contributed by atoms with Gasteiger partial charge >= 0.3 is 0 Å². The minimum Gasteiger partial charge on any atom is -0.300 e. The van der Waals surface area contributed by atoms with Crippen molar-refractivity contribution in [2.45, 2.75) is 50.2 Å². The molecule has 0 aromatic heterocycles. The van der Waals surface area contributed by atoms with Gasteiger partial charge < -0.3 is 0 Å². The molecule has 6 heteroatoms. The SMILES string of the molecule is O=C(CCCCC1CCSS1)CCCN1C(=O)C=CC1=O. The number of Topliss-reactive ketones (excluding diaryl/α,β-unsaturated/α-hetero) is 1. The Balaban J connectivity index is 1.49. The third kappa shape index (κ3) is 5.51. The van der Waals surface area contributed by atoms with Crippen LogP contribution >= 0.6 is 21.6 Å². The molecule has 0 bridgehead atoms. The number of carbonyl (C=O) groups excluding carboxylic acids is 3. The Morgan fingerprint density at radius 3 is 2.52 bits per heavy atom. The van der Waals surface area contributed by atoms with E-state index in [1.54, 1.807) is 0 Å². The van der Waals surface area contributed by atoms with Crippen LogP contribution < -0.4 is 0 Å². The number of hydrogen-bond donors (Lipinski definition) is 0. The summed E-state index contributed by atoms with van der Waals surface area (Å²) in [5, 5.41) is 0.782. The molecule has 0 aliphatic carbocycles. The number of imide groups is 1. The van der Waals surface area contributed by atoms with Crippen LogP contribution in [0.25, 0.3) is 0 Å². The Labute approximate surface area is 133 Å². The quantitative estimate of drug-likeness (QED) is 0.370. The predicted molar refractivity (Wildman–Crippen MR) is 87.0 cm³/mol. The summed E-state index contributed by atoms with van der Waals surface area (Å²) in [6, 6.07) is 0. The summed E-state index contributed by atoms with van der Waals surface area (Å²) < 4.78 is 0. The predicted octanol–water partition coefficient (Wildman–Crippen LogP) is 2.97. The first-order chi connectivity index (χ1) is 10.2. The molecule has 0 spiro atoms. The molecule has 116 valence electrons. The number of amides is 2. The minimum absolute atomic E-state index is 0.246. The van der Waals surface area contributed by atoms with Crippen LogP contribution in [0, 0.1) is 0 Å². The molecule has 1 saturated heterocycles. The van der Waals surface area contributed by atoms with E-state index in [2.05, 4.69) is 0 Å². The van der Waals surface area contributed by atoms with Gasteiger partial charge in [-0.05, 0) is 25.7 Å². The number of unbranched alkanes of at least 4 members (excludes halogenated alkanes) is 1. The molecule has 0 aromatic rings. The molecular formula is C15H21NO3S2. The highest BCUT2D eigenvalue weighted by Gasteiger charge is 2.22. The zero-order valence-electron chi connectivity index (χ0n) is 12.1. The van der Waals surface area contributed by atoms with Crippen LogP contribution in [0.15, 0.2) is 12.2 Å². The standard InChI is InChI=1S/C15H21NO3S2/c17-12(4-1-2-6-13-9-11-20-21-13)5-3-10-16-14(18)7-8-15(16)19/h7-8,13H,1-6,9-11H2. The van der Waals surface area contributed by atoms with Crippen molar-refractivity contribution in [1.29, 1.82) is 0 Å². The van der Waals surface area contributed by atoms with E-state index in [-0.39, 0.29) is 17.6 Å². The van der Waals surface area contributed by atoms with Crippen LogP contribution in [0.4, 0.5) is 0 Å². The topological polar surface area (TPSA) is 54.5 Å². The molecule has 1 atom stereocenters. The lowest BCUT2D eigenvalue weighted by Crippen LogP contribution is -2.31. The molecule has 2 amide bonds. The maximum atomic E-state index is 11.8. The van der Waals surface area contributed by atoms with Gasteiger partial charge in [-0.15, -0.1) is 0 Å².